The van der Waals surface area contributed by atoms with Crippen LogP contribution in [0, 0.1) is 18.7 Å². The number of nitrogens with zero attached hydrogens (tertiary/aromatic N) is 4. The van der Waals surface area contributed by atoms with Crippen LogP contribution >= 0.6 is 11.3 Å². The van der Waals surface area contributed by atoms with E-state index < -0.39 is 0 Å². The zero-order chi connectivity index (χ0) is 23.7. The highest BCUT2D eigenvalue weighted by Gasteiger charge is 2.28. The molecule has 2 aromatic heterocycles. The van der Waals surface area contributed by atoms with E-state index in [0.717, 1.165) is 33.3 Å². The third-order valence-electron chi connectivity index (χ3n) is 5.96. The summed E-state index contributed by atoms with van der Waals surface area (Å²) in [6.07, 6.45) is 1.79. The first-order chi connectivity index (χ1) is 16.5. The van der Waals surface area contributed by atoms with E-state index in [2.05, 4.69) is 50.9 Å². The van der Waals surface area contributed by atoms with Gasteiger partial charge in [0.05, 0.1) is 17.4 Å². The van der Waals surface area contributed by atoms with Crippen molar-refractivity contribution in [3.8, 4) is 5.69 Å². The number of hydrogen-bond acceptors (Lipinski definition) is 5. The Bertz CT molecular complexity index is 1430. The van der Waals surface area contributed by atoms with Gasteiger partial charge in [-0.2, -0.15) is 5.10 Å². The van der Waals surface area contributed by atoms with Gasteiger partial charge in [-0.25, -0.2) is 9.07 Å². The molecule has 3 aromatic carbocycles. The van der Waals surface area contributed by atoms with Crippen molar-refractivity contribution in [2.24, 2.45) is 5.92 Å². The maximum Gasteiger partial charge on any atom is 0.229 e. The smallest absolute Gasteiger partial charge is 0.229 e. The van der Waals surface area contributed by atoms with Gasteiger partial charge in [-0.3, -0.25) is 4.79 Å². The number of anilines is 1. The molecule has 1 N–H and O–H groups in total. The van der Waals surface area contributed by atoms with Crippen molar-refractivity contribution in [2.75, 3.05) is 5.32 Å². The van der Waals surface area contributed by atoms with E-state index in [1.165, 1.54) is 23.5 Å². The van der Waals surface area contributed by atoms with E-state index >= 15 is 0 Å². The minimum absolute atomic E-state index is 0.121. The molecule has 0 aliphatic carbocycles. The quantitative estimate of drug-likeness (QED) is 0.343. The van der Waals surface area contributed by atoms with Crippen molar-refractivity contribution in [1.82, 2.24) is 20.0 Å². The van der Waals surface area contributed by atoms with Crippen LogP contribution in [0.5, 0.6) is 0 Å². The Balaban J connectivity index is 1.53. The molecule has 2 atom stereocenters. The van der Waals surface area contributed by atoms with E-state index in [9.17, 15) is 9.18 Å². The molecule has 2 heterocycles. The summed E-state index contributed by atoms with van der Waals surface area (Å²) in [5, 5.41) is 16.5. The van der Waals surface area contributed by atoms with E-state index in [0.29, 0.717) is 5.13 Å². The van der Waals surface area contributed by atoms with Crippen molar-refractivity contribution in [2.45, 2.75) is 19.8 Å². The van der Waals surface area contributed by atoms with Crippen LogP contribution in [0.15, 0.2) is 78.4 Å². The van der Waals surface area contributed by atoms with Crippen molar-refractivity contribution in [3.63, 3.8) is 0 Å². The third kappa shape index (κ3) is 4.32. The summed E-state index contributed by atoms with van der Waals surface area (Å²) in [4.78, 5) is 13.1. The zero-order valence-corrected chi connectivity index (χ0v) is 19.5. The molecule has 0 spiro atoms. The molecule has 2 unspecified atom stereocenters. The van der Waals surface area contributed by atoms with Crippen LogP contribution in [0.4, 0.5) is 9.52 Å². The van der Waals surface area contributed by atoms with Crippen LogP contribution in [-0.4, -0.2) is 25.9 Å². The SMILES string of the molecule is Cc1ccc(C(c2ccc3c(cnn3-c3ccc(F)cc3)c2)C(C)C(=O)Nc2nncs2)cc1. The second-order valence-corrected chi connectivity index (χ2v) is 9.09. The van der Waals surface area contributed by atoms with Gasteiger partial charge in [0.1, 0.15) is 11.3 Å². The molecule has 170 valence electrons. The molecule has 0 fully saturated rings. The second kappa shape index (κ2) is 9.15. The van der Waals surface area contributed by atoms with E-state index in [4.69, 9.17) is 0 Å². The Morgan fingerprint density at radius 3 is 2.47 bits per heavy atom. The summed E-state index contributed by atoms with van der Waals surface area (Å²) in [6.45, 7) is 3.97. The molecule has 8 heteroatoms. The molecule has 5 aromatic rings. The van der Waals surface area contributed by atoms with Crippen LogP contribution in [-0.2, 0) is 4.79 Å². The first-order valence-electron chi connectivity index (χ1n) is 10.9. The Hall–Kier alpha value is -3.91. The molecule has 0 aliphatic heterocycles. The van der Waals surface area contributed by atoms with Gasteiger partial charge in [-0.05, 0) is 54.4 Å². The molecular formula is C26H22FN5OS. The number of carbonyl (C=O) groups is 1. The molecule has 1 amide bonds. The Labute approximate surface area is 200 Å². The van der Waals surface area contributed by atoms with Crippen LogP contribution in [0.25, 0.3) is 16.6 Å². The first-order valence-corrected chi connectivity index (χ1v) is 11.7. The number of halogens is 1. The number of hydrogen-bond donors (Lipinski definition) is 1. The lowest BCUT2D eigenvalue weighted by molar-refractivity contribution is -0.119. The fourth-order valence-corrected chi connectivity index (χ4v) is 4.62. The molecule has 5 rings (SSSR count). The van der Waals surface area contributed by atoms with Crippen molar-refractivity contribution >= 4 is 33.3 Å². The van der Waals surface area contributed by atoms with Gasteiger partial charge in [0.2, 0.25) is 11.0 Å². The summed E-state index contributed by atoms with van der Waals surface area (Å²) in [5.74, 6) is -0.947. The summed E-state index contributed by atoms with van der Waals surface area (Å²) in [7, 11) is 0. The standard InChI is InChI=1S/C26H22FN5OS/c1-16-3-5-18(6-4-16)24(17(2)25(33)30-26-31-28-15-34-26)19-7-12-23-20(13-19)14-29-32(23)22-10-8-21(27)9-11-22/h3-15,17,24H,1-2H3,(H,30,31,33). The summed E-state index contributed by atoms with van der Waals surface area (Å²) < 4.78 is 15.1. The van der Waals surface area contributed by atoms with Crippen molar-refractivity contribution in [1.29, 1.82) is 0 Å². The lowest BCUT2D eigenvalue weighted by Gasteiger charge is -2.24. The van der Waals surface area contributed by atoms with Crippen LogP contribution < -0.4 is 5.32 Å². The first kappa shape index (κ1) is 21.9. The minimum atomic E-state index is -0.365. The van der Waals surface area contributed by atoms with E-state index in [-0.39, 0.29) is 23.6 Å². The maximum atomic E-state index is 13.4. The highest BCUT2D eigenvalue weighted by Crippen LogP contribution is 2.35. The zero-order valence-electron chi connectivity index (χ0n) is 18.6. The topological polar surface area (TPSA) is 72.7 Å². The fourth-order valence-electron chi connectivity index (χ4n) is 4.17. The molecule has 0 aliphatic rings. The largest absolute Gasteiger partial charge is 0.300 e. The van der Waals surface area contributed by atoms with Crippen LogP contribution in [0.2, 0.25) is 0 Å². The summed E-state index contributed by atoms with van der Waals surface area (Å²) in [5.41, 5.74) is 6.49. The molecular weight excluding hydrogens is 449 g/mol. The molecule has 6 nitrogen and oxygen atoms in total. The average Bonchev–Trinajstić information content (AvgIpc) is 3.50. The minimum Gasteiger partial charge on any atom is -0.300 e. The van der Waals surface area contributed by atoms with Gasteiger partial charge < -0.3 is 5.32 Å². The normalized spacial score (nSPS) is 13.0. The van der Waals surface area contributed by atoms with E-state index in [1.807, 2.05) is 26.0 Å². The third-order valence-corrected chi connectivity index (χ3v) is 6.57. The maximum absolute atomic E-state index is 13.4. The molecule has 0 saturated heterocycles. The molecule has 0 radical (unpaired) electrons. The Kier molecular flexibility index (Phi) is 5.90. The highest BCUT2D eigenvalue weighted by molar-refractivity contribution is 7.13. The summed E-state index contributed by atoms with van der Waals surface area (Å²) in [6, 6.07) is 20.6. The monoisotopic (exact) mass is 471 g/mol. The Morgan fingerprint density at radius 1 is 1.03 bits per heavy atom. The van der Waals surface area contributed by atoms with Crippen molar-refractivity contribution < 1.29 is 9.18 Å². The summed E-state index contributed by atoms with van der Waals surface area (Å²) >= 11 is 1.29. The van der Waals surface area contributed by atoms with E-state index in [1.54, 1.807) is 28.5 Å². The number of carbonyl (C=O) groups excluding carboxylic acids is 1. The van der Waals surface area contributed by atoms with Gasteiger partial charge in [0, 0.05) is 17.2 Å². The highest BCUT2D eigenvalue weighted by atomic mass is 32.1. The lowest BCUT2D eigenvalue weighted by atomic mass is 9.80. The van der Waals surface area contributed by atoms with Gasteiger partial charge in [-0.1, -0.05) is 54.2 Å². The lowest BCUT2D eigenvalue weighted by Crippen LogP contribution is -2.26. The Morgan fingerprint density at radius 2 is 1.76 bits per heavy atom. The molecule has 0 saturated carbocycles. The van der Waals surface area contributed by atoms with Crippen LogP contribution in [0.1, 0.15) is 29.5 Å². The van der Waals surface area contributed by atoms with Gasteiger partial charge in [-0.15, -0.1) is 10.2 Å². The number of fused-ring (bicyclic) bond motifs is 1. The number of amides is 1. The van der Waals surface area contributed by atoms with Gasteiger partial charge in [0.15, 0.2) is 0 Å². The van der Waals surface area contributed by atoms with Crippen molar-refractivity contribution in [3.05, 3.63) is 101 Å². The number of nitrogens with one attached hydrogen (secondary N) is 1. The number of rotatable bonds is 6. The van der Waals surface area contributed by atoms with Gasteiger partial charge in [0.25, 0.3) is 0 Å². The number of aromatic nitrogens is 4. The second-order valence-electron chi connectivity index (χ2n) is 8.26. The molecule has 0 bridgehead atoms. The molecule has 34 heavy (non-hydrogen) atoms. The number of benzene rings is 3. The fraction of sp³-hybridized carbons (Fsp3) is 0.154. The number of aryl methyl sites for hydroxylation is 1. The predicted octanol–water partition coefficient (Wildman–Crippen LogP) is 5.73. The van der Waals surface area contributed by atoms with Gasteiger partial charge >= 0.3 is 0 Å². The van der Waals surface area contributed by atoms with Crippen LogP contribution in [0.3, 0.4) is 0 Å². The average molecular weight is 472 g/mol. The predicted molar refractivity (Wildman–Crippen MR) is 132 cm³/mol.